The minimum atomic E-state index is -0.0181. The van der Waals surface area contributed by atoms with E-state index in [9.17, 15) is 0 Å². The summed E-state index contributed by atoms with van der Waals surface area (Å²) >= 11 is 1.82. The van der Waals surface area contributed by atoms with Gasteiger partial charge in [0.2, 0.25) is 0 Å². The highest BCUT2D eigenvalue weighted by Crippen LogP contribution is 2.33. The maximum absolute atomic E-state index is 4.33. The van der Waals surface area contributed by atoms with Gasteiger partial charge in [0.1, 0.15) is 11.6 Å². The Labute approximate surface area is 124 Å². The molecule has 0 saturated heterocycles. The van der Waals surface area contributed by atoms with Gasteiger partial charge in [-0.05, 0) is 45.9 Å². The van der Waals surface area contributed by atoms with Crippen molar-refractivity contribution < 1.29 is 0 Å². The van der Waals surface area contributed by atoms with Crippen LogP contribution in [0.15, 0.2) is 41.3 Å². The summed E-state index contributed by atoms with van der Waals surface area (Å²) in [6, 6.07) is 10.4. The second-order valence-corrected chi connectivity index (χ2v) is 6.87. The topological polar surface area (TPSA) is 38.7 Å². The van der Waals surface area contributed by atoms with Gasteiger partial charge in [-0.25, -0.2) is 15.0 Å². The van der Waals surface area contributed by atoms with Gasteiger partial charge < -0.3 is 0 Å². The SMILES string of the molecule is Cc1nc(C)nc(/C=C/C(C)(C)Sc2ccccc2)n1. The number of benzene rings is 1. The fourth-order valence-corrected chi connectivity index (χ4v) is 2.85. The fourth-order valence-electron chi connectivity index (χ4n) is 1.82. The Morgan fingerprint density at radius 1 is 0.950 bits per heavy atom. The predicted molar refractivity (Wildman–Crippen MR) is 84.7 cm³/mol. The summed E-state index contributed by atoms with van der Waals surface area (Å²) in [6.07, 6.45) is 4.11. The molecular formula is C16H19N3S. The van der Waals surface area contributed by atoms with E-state index in [0.717, 1.165) is 17.5 Å². The van der Waals surface area contributed by atoms with E-state index in [2.05, 4.69) is 59.1 Å². The summed E-state index contributed by atoms with van der Waals surface area (Å²) < 4.78 is -0.0181. The molecule has 0 spiro atoms. The normalized spacial score (nSPS) is 12.0. The van der Waals surface area contributed by atoms with Gasteiger partial charge >= 0.3 is 0 Å². The molecule has 1 aromatic heterocycles. The highest BCUT2D eigenvalue weighted by molar-refractivity contribution is 8.00. The van der Waals surface area contributed by atoms with Crippen molar-refractivity contribution in [3.8, 4) is 0 Å². The first-order chi connectivity index (χ1) is 9.44. The van der Waals surface area contributed by atoms with Crippen molar-refractivity contribution in [3.05, 3.63) is 53.9 Å². The van der Waals surface area contributed by atoms with Crippen molar-refractivity contribution in [1.29, 1.82) is 0 Å². The third kappa shape index (κ3) is 4.46. The molecule has 0 amide bonds. The smallest absolute Gasteiger partial charge is 0.155 e. The maximum Gasteiger partial charge on any atom is 0.155 e. The highest BCUT2D eigenvalue weighted by Gasteiger charge is 2.15. The molecule has 0 saturated carbocycles. The number of nitrogens with zero attached hydrogens (tertiary/aromatic N) is 3. The molecule has 3 nitrogen and oxygen atoms in total. The molecule has 0 aliphatic carbocycles. The second-order valence-electron chi connectivity index (χ2n) is 5.14. The van der Waals surface area contributed by atoms with Crippen LogP contribution >= 0.6 is 11.8 Å². The van der Waals surface area contributed by atoms with Crippen LogP contribution in [0.4, 0.5) is 0 Å². The van der Waals surface area contributed by atoms with E-state index >= 15 is 0 Å². The molecule has 0 N–H and O–H groups in total. The summed E-state index contributed by atoms with van der Waals surface area (Å²) in [5.41, 5.74) is 0. The zero-order valence-corrected chi connectivity index (χ0v) is 13.1. The number of hydrogen-bond donors (Lipinski definition) is 0. The summed E-state index contributed by atoms with van der Waals surface area (Å²) in [4.78, 5) is 14.1. The van der Waals surface area contributed by atoms with E-state index in [1.54, 1.807) is 0 Å². The second kappa shape index (κ2) is 6.18. The summed E-state index contributed by atoms with van der Waals surface area (Å²) in [5.74, 6) is 2.23. The minimum absolute atomic E-state index is 0.0181. The number of aryl methyl sites for hydroxylation is 2. The van der Waals surface area contributed by atoms with Crippen LogP contribution in [0, 0.1) is 13.8 Å². The molecule has 0 aliphatic rings. The first-order valence-electron chi connectivity index (χ1n) is 6.57. The van der Waals surface area contributed by atoms with Crippen molar-refractivity contribution in [2.45, 2.75) is 37.3 Å². The molecule has 0 aliphatic heterocycles. The van der Waals surface area contributed by atoms with Crippen molar-refractivity contribution >= 4 is 17.8 Å². The van der Waals surface area contributed by atoms with Gasteiger partial charge in [-0.15, -0.1) is 11.8 Å². The first kappa shape index (κ1) is 14.7. The average molecular weight is 285 g/mol. The molecule has 1 heterocycles. The monoisotopic (exact) mass is 285 g/mol. The third-order valence-electron chi connectivity index (χ3n) is 2.63. The molecule has 2 aromatic rings. The van der Waals surface area contributed by atoms with E-state index in [-0.39, 0.29) is 4.75 Å². The van der Waals surface area contributed by atoms with Crippen LogP contribution in [0.2, 0.25) is 0 Å². The Kier molecular flexibility index (Phi) is 4.55. The molecule has 0 bridgehead atoms. The number of aromatic nitrogens is 3. The van der Waals surface area contributed by atoms with E-state index in [0.29, 0.717) is 0 Å². The van der Waals surface area contributed by atoms with Crippen LogP contribution in [0.3, 0.4) is 0 Å². The highest BCUT2D eigenvalue weighted by atomic mass is 32.2. The summed E-state index contributed by atoms with van der Waals surface area (Å²) in [5, 5.41) is 0. The van der Waals surface area contributed by atoms with Crippen molar-refractivity contribution in [2.24, 2.45) is 0 Å². The van der Waals surface area contributed by atoms with Gasteiger partial charge in [-0.3, -0.25) is 0 Å². The Morgan fingerprint density at radius 3 is 2.15 bits per heavy atom. The molecule has 4 heteroatoms. The molecular weight excluding hydrogens is 266 g/mol. The molecule has 20 heavy (non-hydrogen) atoms. The van der Waals surface area contributed by atoms with Gasteiger partial charge in [-0.1, -0.05) is 24.3 Å². The maximum atomic E-state index is 4.33. The predicted octanol–water partition coefficient (Wildman–Crippen LogP) is 4.07. The van der Waals surface area contributed by atoms with Gasteiger partial charge in [-0.2, -0.15) is 0 Å². The molecule has 0 unspecified atom stereocenters. The largest absolute Gasteiger partial charge is 0.219 e. The molecule has 2 rings (SSSR count). The summed E-state index contributed by atoms with van der Waals surface area (Å²) in [6.45, 7) is 8.13. The van der Waals surface area contributed by atoms with Gasteiger partial charge in [0.05, 0.1) is 0 Å². The van der Waals surface area contributed by atoms with E-state index in [1.807, 2.05) is 37.8 Å². The van der Waals surface area contributed by atoms with Crippen LogP contribution in [-0.4, -0.2) is 19.7 Å². The van der Waals surface area contributed by atoms with Crippen molar-refractivity contribution in [3.63, 3.8) is 0 Å². The molecule has 104 valence electrons. The third-order valence-corrected chi connectivity index (χ3v) is 3.80. The number of rotatable bonds is 4. The Morgan fingerprint density at radius 2 is 1.55 bits per heavy atom. The zero-order chi connectivity index (χ0) is 14.6. The van der Waals surface area contributed by atoms with Crippen molar-refractivity contribution in [1.82, 2.24) is 15.0 Å². The summed E-state index contributed by atoms with van der Waals surface area (Å²) in [7, 11) is 0. The van der Waals surface area contributed by atoms with Crippen LogP contribution in [0.1, 0.15) is 31.3 Å². The van der Waals surface area contributed by atoms with Crippen molar-refractivity contribution in [2.75, 3.05) is 0 Å². The number of thioether (sulfide) groups is 1. The van der Waals surface area contributed by atoms with E-state index in [4.69, 9.17) is 0 Å². The van der Waals surface area contributed by atoms with Crippen LogP contribution in [0.25, 0.3) is 6.08 Å². The van der Waals surface area contributed by atoms with Gasteiger partial charge in [0.25, 0.3) is 0 Å². The van der Waals surface area contributed by atoms with E-state index in [1.165, 1.54) is 4.90 Å². The average Bonchev–Trinajstić information content (AvgIpc) is 2.36. The van der Waals surface area contributed by atoms with E-state index < -0.39 is 0 Å². The van der Waals surface area contributed by atoms with Crippen LogP contribution in [0.5, 0.6) is 0 Å². The van der Waals surface area contributed by atoms with Crippen LogP contribution < -0.4 is 0 Å². The minimum Gasteiger partial charge on any atom is -0.219 e. The quantitative estimate of drug-likeness (QED) is 0.794. The Balaban J connectivity index is 2.12. The van der Waals surface area contributed by atoms with Crippen LogP contribution in [-0.2, 0) is 0 Å². The van der Waals surface area contributed by atoms with Gasteiger partial charge in [0, 0.05) is 9.64 Å². The fraction of sp³-hybridized carbons (Fsp3) is 0.312. The molecule has 0 radical (unpaired) electrons. The lowest BCUT2D eigenvalue weighted by Gasteiger charge is -2.19. The molecule has 0 fully saturated rings. The lowest BCUT2D eigenvalue weighted by atomic mass is 10.2. The zero-order valence-electron chi connectivity index (χ0n) is 12.3. The first-order valence-corrected chi connectivity index (χ1v) is 7.39. The molecule has 1 aromatic carbocycles. The van der Waals surface area contributed by atoms with Gasteiger partial charge in [0.15, 0.2) is 5.82 Å². The lowest BCUT2D eigenvalue weighted by Crippen LogP contribution is -2.10. The number of hydrogen-bond acceptors (Lipinski definition) is 4. The lowest BCUT2D eigenvalue weighted by molar-refractivity contribution is 0.887. The Bertz CT molecular complexity index is 586. The molecule has 0 atom stereocenters. The Hall–Kier alpha value is -1.68. The standard InChI is InChI=1S/C16H19N3S/c1-12-17-13(2)19-15(18-12)10-11-16(3,4)20-14-8-6-5-7-9-14/h5-11H,1-4H3/b11-10+.